The molecule has 3 N–H and O–H groups in total. The molecule has 3 aromatic carbocycles. The fourth-order valence-corrected chi connectivity index (χ4v) is 3.56. The van der Waals surface area contributed by atoms with Crippen molar-refractivity contribution in [1.82, 2.24) is 0 Å². The molecule has 0 spiro atoms. The SMILES string of the molecule is CO/N=C(/c1ccccc1)c1cccc(CNc2ccc(CCS(N)(=O)=O)cc2)c1. The minimum absolute atomic E-state index is 0.0562. The van der Waals surface area contributed by atoms with Crippen molar-refractivity contribution < 1.29 is 13.3 Å². The number of oxime groups is 1. The Morgan fingerprint density at radius 3 is 2.30 bits per heavy atom. The molecule has 0 heterocycles. The van der Waals surface area contributed by atoms with Gasteiger partial charge in [-0.05, 0) is 35.7 Å². The van der Waals surface area contributed by atoms with E-state index >= 15 is 0 Å². The molecule has 30 heavy (non-hydrogen) atoms. The first-order chi connectivity index (χ1) is 14.4. The predicted octanol–water partition coefficient (Wildman–Crippen LogP) is 3.53. The van der Waals surface area contributed by atoms with Crippen LogP contribution in [-0.4, -0.2) is 27.0 Å². The van der Waals surface area contributed by atoms with E-state index in [0.717, 1.165) is 33.7 Å². The Kier molecular flexibility index (Phi) is 7.21. The van der Waals surface area contributed by atoms with Crippen molar-refractivity contribution in [3.8, 4) is 0 Å². The predicted molar refractivity (Wildman–Crippen MR) is 121 cm³/mol. The monoisotopic (exact) mass is 423 g/mol. The first-order valence-corrected chi connectivity index (χ1v) is 11.3. The lowest BCUT2D eigenvalue weighted by Gasteiger charge is -2.11. The Labute approximate surface area is 177 Å². The van der Waals surface area contributed by atoms with E-state index in [4.69, 9.17) is 9.98 Å². The van der Waals surface area contributed by atoms with Gasteiger partial charge in [0.25, 0.3) is 0 Å². The Hall–Kier alpha value is -3.16. The van der Waals surface area contributed by atoms with Gasteiger partial charge in [0.1, 0.15) is 12.8 Å². The van der Waals surface area contributed by atoms with Crippen LogP contribution in [0.2, 0.25) is 0 Å². The maximum Gasteiger partial charge on any atom is 0.209 e. The number of benzene rings is 3. The van der Waals surface area contributed by atoms with Crippen molar-refractivity contribution >= 4 is 21.4 Å². The zero-order valence-corrected chi connectivity index (χ0v) is 17.6. The average molecular weight is 424 g/mol. The summed E-state index contributed by atoms with van der Waals surface area (Å²) in [5, 5.41) is 12.7. The van der Waals surface area contributed by atoms with Crippen molar-refractivity contribution in [2.24, 2.45) is 10.3 Å². The summed E-state index contributed by atoms with van der Waals surface area (Å²) in [5.41, 5.74) is 5.72. The summed E-state index contributed by atoms with van der Waals surface area (Å²) in [6.07, 6.45) is 0.405. The molecule has 0 aliphatic rings. The minimum Gasteiger partial charge on any atom is -0.399 e. The quantitative estimate of drug-likeness (QED) is 0.407. The molecule has 0 bridgehead atoms. The van der Waals surface area contributed by atoms with E-state index in [1.807, 2.05) is 72.8 Å². The van der Waals surface area contributed by atoms with E-state index in [0.29, 0.717) is 13.0 Å². The van der Waals surface area contributed by atoms with Crippen molar-refractivity contribution in [2.75, 3.05) is 18.2 Å². The molecule has 0 atom stereocenters. The first kappa shape index (κ1) is 21.5. The highest BCUT2D eigenvalue weighted by atomic mass is 32.2. The maximum atomic E-state index is 11.1. The van der Waals surface area contributed by atoms with Crippen LogP contribution in [0.15, 0.2) is 84.0 Å². The van der Waals surface area contributed by atoms with Crippen LogP contribution in [0.25, 0.3) is 0 Å². The van der Waals surface area contributed by atoms with Crippen LogP contribution < -0.4 is 10.5 Å². The smallest absolute Gasteiger partial charge is 0.209 e. The van der Waals surface area contributed by atoms with Gasteiger partial charge < -0.3 is 10.2 Å². The standard InChI is InChI=1S/C23H25N3O3S/c1-29-26-23(20-7-3-2-4-8-20)21-9-5-6-19(16-21)17-25-22-12-10-18(11-13-22)14-15-30(24,27)28/h2-13,16,25H,14-15,17H2,1H3,(H2,24,27,28)/b26-23-. The Morgan fingerprint density at radius 1 is 0.933 bits per heavy atom. The van der Waals surface area contributed by atoms with Gasteiger partial charge in [-0.1, -0.05) is 65.8 Å². The number of hydrogen-bond acceptors (Lipinski definition) is 5. The van der Waals surface area contributed by atoms with Crippen LogP contribution in [0.3, 0.4) is 0 Å². The molecule has 7 heteroatoms. The molecule has 0 aliphatic heterocycles. The fourth-order valence-electron chi connectivity index (χ4n) is 3.04. The van der Waals surface area contributed by atoms with E-state index in [9.17, 15) is 8.42 Å². The van der Waals surface area contributed by atoms with Gasteiger partial charge in [-0.15, -0.1) is 0 Å². The summed E-state index contributed by atoms with van der Waals surface area (Å²) in [4.78, 5) is 5.06. The summed E-state index contributed by atoms with van der Waals surface area (Å²) in [5.74, 6) is -0.0562. The Morgan fingerprint density at radius 2 is 1.63 bits per heavy atom. The van der Waals surface area contributed by atoms with Crippen LogP contribution in [0.5, 0.6) is 0 Å². The lowest BCUT2D eigenvalue weighted by Crippen LogP contribution is -2.17. The normalized spacial score (nSPS) is 11.9. The lowest BCUT2D eigenvalue weighted by molar-refractivity contribution is 0.214. The second kappa shape index (κ2) is 10.0. The highest BCUT2D eigenvalue weighted by molar-refractivity contribution is 7.89. The number of nitrogens with zero attached hydrogens (tertiary/aromatic N) is 1. The van der Waals surface area contributed by atoms with Crippen molar-refractivity contribution in [3.05, 3.63) is 101 Å². The number of primary sulfonamides is 1. The van der Waals surface area contributed by atoms with Crippen LogP contribution >= 0.6 is 0 Å². The maximum absolute atomic E-state index is 11.1. The molecule has 0 fully saturated rings. The number of rotatable bonds is 9. The lowest BCUT2D eigenvalue weighted by atomic mass is 10.0. The van der Waals surface area contributed by atoms with Crippen molar-refractivity contribution in [1.29, 1.82) is 0 Å². The third-order valence-corrected chi connectivity index (χ3v) is 5.33. The van der Waals surface area contributed by atoms with Crippen molar-refractivity contribution in [3.63, 3.8) is 0 Å². The van der Waals surface area contributed by atoms with Crippen LogP contribution in [0.4, 0.5) is 5.69 Å². The summed E-state index contributed by atoms with van der Waals surface area (Å²) in [6.45, 7) is 0.638. The van der Waals surface area contributed by atoms with Crippen LogP contribution in [0.1, 0.15) is 22.3 Å². The van der Waals surface area contributed by atoms with E-state index in [-0.39, 0.29) is 5.75 Å². The molecule has 0 aromatic heterocycles. The number of sulfonamides is 1. The van der Waals surface area contributed by atoms with Gasteiger partial charge in [0, 0.05) is 23.4 Å². The molecule has 156 valence electrons. The van der Waals surface area contributed by atoms with Gasteiger partial charge in [-0.25, -0.2) is 13.6 Å². The highest BCUT2D eigenvalue weighted by Gasteiger charge is 2.09. The Bertz CT molecular complexity index is 1100. The molecule has 0 unspecified atom stereocenters. The summed E-state index contributed by atoms with van der Waals surface area (Å²) in [7, 11) is -1.91. The number of nitrogens with one attached hydrogen (secondary N) is 1. The van der Waals surface area contributed by atoms with Gasteiger partial charge >= 0.3 is 0 Å². The molecular formula is C23H25N3O3S. The molecule has 6 nitrogen and oxygen atoms in total. The largest absolute Gasteiger partial charge is 0.399 e. The summed E-state index contributed by atoms with van der Waals surface area (Å²) in [6, 6.07) is 25.7. The number of nitrogens with two attached hydrogens (primary N) is 1. The van der Waals surface area contributed by atoms with E-state index < -0.39 is 10.0 Å². The fraction of sp³-hybridized carbons (Fsp3) is 0.174. The highest BCUT2D eigenvalue weighted by Crippen LogP contribution is 2.16. The van der Waals surface area contributed by atoms with E-state index in [1.165, 1.54) is 0 Å². The summed E-state index contributed by atoms with van der Waals surface area (Å²) >= 11 is 0. The average Bonchev–Trinajstić information content (AvgIpc) is 2.75. The third-order valence-electron chi connectivity index (χ3n) is 4.56. The zero-order chi connectivity index (χ0) is 21.4. The molecule has 3 rings (SSSR count). The van der Waals surface area contributed by atoms with Gasteiger partial charge in [-0.2, -0.15) is 0 Å². The second-order valence-corrected chi connectivity index (χ2v) is 8.59. The second-order valence-electron chi connectivity index (χ2n) is 6.86. The summed E-state index contributed by atoms with van der Waals surface area (Å²) < 4.78 is 22.2. The van der Waals surface area contributed by atoms with Crippen LogP contribution in [0, 0.1) is 0 Å². The molecule has 0 saturated carbocycles. The topological polar surface area (TPSA) is 93.8 Å². The number of anilines is 1. The van der Waals surface area contributed by atoms with E-state index in [1.54, 1.807) is 7.11 Å². The molecule has 3 aromatic rings. The first-order valence-electron chi connectivity index (χ1n) is 9.54. The van der Waals surface area contributed by atoms with Gasteiger partial charge in [-0.3, -0.25) is 0 Å². The zero-order valence-electron chi connectivity index (χ0n) is 16.8. The molecule has 0 aliphatic carbocycles. The Balaban J connectivity index is 1.67. The van der Waals surface area contributed by atoms with Crippen LogP contribution in [-0.2, 0) is 27.8 Å². The molecule has 0 amide bonds. The number of aryl methyl sites for hydroxylation is 1. The van der Waals surface area contributed by atoms with Crippen molar-refractivity contribution in [2.45, 2.75) is 13.0 Å². The molecular weight excluding hydrogens is 398 g/mol. The number of hydrogen-bond donors (Lipinski definition) is 2. The molecule has 0 radical (unpaired) electrons. The van der Waals surface area contributed by atoms with E-state index in [2.05, 4.69) is 16.5 Å². The van der Waals surface area contributed by atoms with Gasteiger partial charge in [0.05, 0.1) is 5.75 Å². The van der Waals surface area contributed by atoms with Gasteiger partial charge in [0.15, 0.2) is 0 Å². The molecule has 0 saturated heterocycles. The van der Waals surface area contributed by atoms with Gasteiger partial charge in [0.2, 0.25) is 10.0 Å². The third kappa shape index (κ3) is 6.43. The minimum atomic E-state index is -3.45.